The predicted octanol–water partition coefficient (Wildman–Crippen LogP) is 6.70. The number of aromatic nitrogens is 3. The van der Waals surface area contributed by atoms with Crippen molar-refractivity contribution in [1.29, 1.82) is 5.41 Å². The lowest BCUT2D eigenvalue weighted by Gasteiger charge is -2.22. The minimum absolute atomic E-state index is 0.413. The van der Waals surface area contributed by atoms with Crippen LogP contribution in [0, 0.1) is 5.41 Å². The van der Waals surface area contributed by atoms with E-state index in [1.54, 1.807) is 18.4 Å². The first-order valence-electron chi connectivity index (χ1n) is 12.0. The second-order valence-electron chi connectivity index (χ2n) is 9.08. The first kappa shape index (κ1) is 22.0. The van der Waals surface area contributed by atoms with Gasteiger partial charge < -0.3 is 15.5 Å². The van der Waals surface area contributed by atoms with Crippen LogP contribution in [0.5, 0.6) is 5.75 Å². The van der Waals surface area contributed by atoms with Crippen molar-refractivity contribution in [2.75, 3.05) is 12.4 Å². The standard InChI is InChI=1S/C26H31N5OS/c1-32-21-13-9-17(10-14-21)23-24(33-25(31-23)18-7-11-19(27)12-8-18)22-15-16-28-26(30-22)29-20-5-3-2-4-6-20/h9-10,13-16,18,20,27H,2-8,11-12H2,1H3,(H,28,29,30). The lowest BCUT2D eigenvalue weighted by Crippen LogP contribution is -2.23. The average molecular weight is 462 g/mol. The van der Waals surface area contributed by atoms with Crippen LogP contribution in [-0.2, 0) is 0 Å². The lowest BCUT2D eigenvalue weighted by molar-refractivity contribution is 0.415. The highest BCUT2D eigenvalue weighted by Gasteiger charge is 2.25. The highest BCUT2D eigenvalue weighted by molar-refractivity contribution is 7.15. The van der Waals surface area contributed by atoms with Crippen molar-refractivity contribution in [3.8, 4) is 27.6 Å². The number of anilines is 1. The van der Waals surface area contributed by atoms with Gasteiger partial charge in [-0.25, -0.2) is 15.0 Å². The number of hydrogen-bond acceptors (Lipinski definition) is 7. The van der Waals surface area contributed by atoms with Crippen molar-refractivity contribution in [1.82, 2.24) is 15.0 Å². The summed E-state index contributed by atoms with van der Waals surface area (Å²) in [7, 11) is 1.68. The summed E-state index contributed by atoms with van der Waals surface area (Å²) in [5, 5.41) is 12.7. The Morgan fingerprint density at radius 1 is 0.970 bits per heavy atom. The zero-order valence-corrected chi connectivity index (χ0v) is 20.0. The molecule has 7 heteroatoms. The summed E-state index contributed by atoms with van der Waals surface area (Å²) in [5.74, 6) is 1.96. The summed E-state index contributed by atoms with van der Waals surface area (Å²) in [6, 6.07) is 10.6. The fourth-order valence-electron chi connectivity index (χ4n) is 4.83. The quantitative estimate of drug-likeness (QED) is 0.427. The summed E-state index contributed by atoms with van der Waals surface area (Å²) in [6.45, 7) is 0. The average Bonchev–Trinajstić information content (AvgIpc) is 3.31. The third-order valence-electron chi connectivity index (χ3n) is 6.77. The van der Waals surface area contributed by atoms with Crippen LogP contribution >= 0.6 is 11.3 Å². The smallest absolute Gasteiger partial charge is 0.223 e. The predicted molar refractivity (Wildman–Crippen MR) is 135 cm³/mol. The van der Waals surface area contributed by atoms with Crippen LogP contribution in [0.2, 0.25) is 0 Å². The van der Waals surface area contributed by atoms with Crippen LogP contribution < -0.4 is 10.1 Å². The van der Waals surface area contributed by atoms with Gasteiger partial charge >= 0.3 is 0 Å². The highest BCUT2D eigenvalue weighted by atomic mass is 32.1. The molecule has 2 aliphatic carbocycles. The van der Waals surface area contributed by atoms with Crippen LogP contribution in [0.4, 0.5) is 5.95 Å². The van der Waals surface area contributed by atoms with E-state index >= 15 is 0 Å². The summed E-state index contributed by atoms with van der Waals surface area (Å²) >= 11 is 1.75. The second-order valence-corrected chi connectivity index (χ2v) is 10.1. The molecule has 2 heterocycles. The number of benzene rings is 1. The van der Waals surface area contributed by atoms with E-state index in [0.29, 0.717) is 17.9 Å². The molecule has 0 amide bonds. The van der Waals surface area contributed by atoms with E-state index < -0.39 is 0 Å². The Hall–Kier alpha value is -2.80. The van der Waals surface area contributed by atoms with E-state index in [1.807, 2.05) is 24.4 Å². The number of nitrogens with zero attached hydrogens (tertiary/aromatic N) is 3. The summed E-state index contributed by atoms with van der Waals surface area (Å²) in [6.07, 6.45) is 11.9. The summed E-state index contributed by atoms with van der Waals surface area (Å²) in [5.41, 5.74) is 3.83. The van der Waals surface area contributed by atoms with Gasteiger partial charge in [0.05, 0.1) is 28.4 Å². The Morgan fingerprint density at radius 3 is 2.45 bits per heavy atom. The van der Waals surface area contributed by atoms with E-state index in [4.69, 9.17) is 20.1 Å². The molecule has 0 saturated heterocycles. The maximum Gasteiger partial charge on any atom is 0.223 e. The van der Waals surface area contributed by atoms with Crippen molar-refractivity contribution in [2.45, 2.75) is 69.7 Å². The van der Waals surface area contributed by atoms with E-state index in [2.05, 4.69) is 22.4 Å². The molecule has 2 N–H and O–H groups in total. The molecule has 0 atom stereocenters. The van der Waals surface area contributed by atoms with Crippen molar-refractivity contribution >= 4 is 23.0 Å². The zero-order valence-electron chi connectivity index (χ0n) is 19.1. The zero-order chi connectivity index (χ0) is 22.6. The SMILES string of the molecule is COc1ccc(-c2nc(C3CCC(=N)CC3)sc2-c2ccnc(NC3CCCCC3)n2)cc1. The van der Waals surface area contributed by atoms with E-state index in [1.165, 1.54) is 32.1 Å². The number of thiazole rings is 1. The summed E-state index contributed by atoms with van der Waals surface area (Å²) in [4.78, 5) is 15.6. The monoisotopic (exact) mass is 461 g/mol. The minimum Gasteiger partial charge on any atom is -0.497 e. The van der Waals surface area contributed by atoms with Gasteiger partial charge in [-0.2, -0.15) is 0 Å². The third kappa shape index (κ3) is 5.08. The highest BCUT2D eigenvalue weighted by Crippen LogP contribution is 2.42. The molecular weight excluding hydrogens is 430 g/mol. The fourth-order valence-corrected chi connectivity index (χ4v) is 6.05. The van der Waals surface area contributed by atoms with Gasteiger partial charge in [0.15, 0.2) is 0 Å². The molecule has 6 nitrogen and oxygen atoms in total. The molecule has 33 heavy (non-hydrogen) atoms. The molecule has 3 aromatic rings. The van der Waals surface area contributed by atoms with Crippen molar-refractivity contribution < 1.29 is 4.74 Å². The molecule has 2 saturated carbocycles. The number of rotatable bonds is 6. The van der Waals surface area contributed by atoms with Gasteiger partial charge in [0.25, 0.3) is 0 Å². The van der Waals surface area contributed by atoms with Crippen molar-refractivity contribution in [2.24, 2.45) is 0 Å². The maximum absolute atomic E-state index is 7.97. The number of hydrogen-bond donors (Lipinski definition) is 2. The Bertz CT molecular complexity index is 1090. The molecule has 2 fully saturated rings. The molecule has 0 spiro atoms. The molecule has 0 aliphatic heterocycles. The minimum atomic E-state index is 0.413. The van der Waals surface area contributed by atoms with Gasteiger partial charge in [-0.15, -0.1) is 11.3 Å². The Labute approximate surface area is 199 Å². The third-order valence-corrected chi connectivity index (χ3v) is 8.01. The van der Waals surface area contributed by atoms with Gasteiger partial charge in [-0.3, -0.25) is 0 Å². The maximum atomic E-state index is 7.97. The molecule has 0 radical (unpaired) electrons. The fraction of sp³-hybridized carbons (Fsp3) is 0.462. The van der Waals surface area contributed by atoms with Gasteiger partial charge in [-0.1, -0.05) is 19.3 Å². The second kappa shape index (κ2) is 10.00. The van der Waals surface area contributed by atoms with E-state index in [0.717, 1.165) is 64.0 Å². The van der Waals surface area contributed by atoms with Crippen molar-refractivity contribution in [3.63, 3.8) is 0 Å². The number of ether oxygens (including phenoxy) is 1. The number of nitrogens with one attached hydrogen (secondary N) is 2. The van der Waals surface area contributed by atoms with Gasteiger partial charge in [0.2, 0.25) is 5.95 Å². The van der Waals surface area contributed by atoms with E-state index in [9.17, 15) is 0 Å². The van der Waals surface area contributed by atoms with Gasteiger partial charge in [0.1, 0.15) is 5.75 Å². The number of methoxy groups -OCH3 is 1. The summed E-state index contributed by atoms with van der Waals surface area (Å²) < 4.78 is 5.35. The van der Waals surface area contributed by atoms with Crippen LogP contribution in [0.15, 0.2) is 36.5 Å². The van der Waals surface area contributed by atoms with Gasteiger partial charge in [-0.05, 0) is 68.9 Å². The Kier molecular flexibility index (Phi) is 6.67. The van der Waals surface area contributed by atoms with Gasteiger partial charge in [0, 0.05) is 29.4 Å². The molecule has 5 rings (SSSR count). The molecular formula is C26H31N5OS. The lowest BCUT2D eigenvalue weighted by atomic mass is 9.88. The normalized spacial score (nSPS) is 19.4. The first-order valence-corrected chi connectivity index (χ1v) is 12.8. The molecule has 0 unspecified atom stereocenters. The largest absolute Gasteiger partial charge is 0.497 e. The Balaban J connectivity index is 1.49. The molecule has 0 bridgehead atoms. The Morgan fingerprint density at radius 2 is 1.73 bits per heavy atom. The molecule has 2 aliphatic rings. The van der Waals surface area contributed by atoms with Crippen LogP contribution in [0.1, 0.15) is 68.7 Å². The topological polar surface area (TPSA) is 83.8 Å². The van der Waals surface area contributed by atoms with Crippen molar-refractivity contribution in [3.05, 3.63) is 41.5 Å². The van der Waals surface area contributed by atoms with E-state index in [-0.39, 0.29) is 0 Å². The molecule has 2 aromatic heterocycles. The van der Waals surface area contributed by atoms with Crippen LogP contribution in [0.3, 0.4) is 0 Å². The van der Waals surface area contributed by atoms with Crippen LogP contribution in [-0.4, -0.2) is 33.8 Å². The molecule has 1 aromatic carbocycles. The molecule has 172 valence electrons. The first-order chi connectivity index (χ1) is 16.2. The van der Waals surface area contributed by atoms with Crippen LogP contribution in [0.25, 0.3) is 21.8 Å².